The zero-order valence-electron chi connectivity index (χ0n) is 9.99. The zero-order valence-corrected chi connectivity index (χ0v) is 9.99. The van der Waals surface area contributed by atoms with Crippen molar-refractivity contribution in [2.75, 3.05) is 6.61 Å². The van der Waals surface area contributed by atoms with Crippen LogP contribution in [0.2, 0.25) is 0 Å². The van der Waals surface area contributed by atoms with Crippen LogP contribution in [0.3, 0.4) is 0 Å². The third kappa shape index (κ3) is 6.23. The van der Waals surface area contributed by atoms with E-state index in [4.69, 9.17) is 10.8 Å². The summed E-state index contributed by atoms with van der Waals surface area (Å²) in [5, 5.41) is 13.8. The molecular weight excluding hydrogens is 210 g/mol. The Morgan fingerprint density at radius 3 is 2.19 bits per heavy atom. The minimum absolute atomic E-state index is 0.142. The van der Waals surface area contributed by atoms with E-state index < -0.39 is 12.1 Å². The molecule has 0 fully saturated rings. The zero-order chi connectivity index (χ0) is 12.7. The van der Waals surface area contributed by atoms with Gasteiger partial charge in [0.2, 0.25) is 5.91 Å². The quantitative estimate of drug-likeness (QED) is 0.498. The van der Waals surface area contributed by atoms with Gasteiger partial charge < -0.3 is 21.5 Å². The van der Waals surface area contributed by atoms with Crippen molar-refractivity contribution in [1.29, 1.82) is 0 Å². The Morgan fingerprint density at radius 1 is 1.25 bits per heavy atom. The van der Waals surface area contributed by atoms with Crippen LogP contribution in [0.15, 0.2) is 0 Å². The molecule has 0 radical (unpaired) electrons. The average Bonchev–Trinajstić information content (AvgIpc) is 2.15. The Hall–Kier alpha value is -1.30. The Kier molecular flexibility index (Phi) is 6.48. The van der Waals surface area contributed by atoms with E-state index in [1.54, 1.807) is 6.92 Å². The molecule has 0 aliphatic carbocycles. The lowest BCUT2D eigenvalue weighted by atomic mass is 10.0. The van der Waals surface area contributed by atoms with Crippen molar-refractivity contribution in [1.82, 2.24) is 10.6 Å². The van der Waals surface area contributed by atoms with Gasteiger partial charge in [0, 0.05) is 6.04 Å². The highest BCUT2D eigenvalue weighted by Gasteiger charge is 2.21. The van der Waals surface area contributed by atoms with E-state index in [1.165, 1.54) is 0 Å². The maximum absolute atomic E-state index is 11.7. The van der Waals surface area contributed by atoms with E-state index in [0.717, 1.165) is 0 Å². The monoisotopic (exact) mass is 231 g/mol. The second-order valence-corrected chi connectivity index (χ2v) is 4.28. The van der Waals surface area contributed by atoms with Gasteiger partial charge in [-0.05, 0) is 19.3 Å². The molecule has 5 N–H and O–H groups in total. The molecule has 0 spiro atoms. The number of aliphatic hydroxyl groups excluding tert-OH is 1. The summed E-state index contributed by atoms with van der Waals surface area (Å²) in [5.74, 6) is -0.0684. The van der Waals surface area contributed by atoms with E-state index in [-0.39, 0.29) is 24.5 Å². The van der Waals surface area contributed by atoms with Gasteiger partial charge in [-0.15, -0.1) is 0 Å². The lowest BCUT2D eigenvalue weighted by Gasteiger charge is -2.21. The third-order valence-electron chi connectivity index (χ3n) is 2.00. The van der Waals surface area contributed by atoms with Crippen LogP contribution in [0.1, 0.15) is 27.2 Å². The molecule has 6 nitrogen and oxygen atoms in total. The van der Waals surface area contributed by atoms with Crippen molar-refractivity contribution in [3.8, 4) is 0 Å². The van der Waals surface area contributed by atoms with Gasteiger partial charge in [-0.25, -0.2) is 4.79 Å². The summed E-state index contributed by atoms with van der Waals surface area (Å²) in [6.07, 6.45) is 0.507. The van der Waals surface area contributed by atoms with Crippen LogP contribution < -0.4 is 16.4 Å². The lowest BCUT2D eigenvalue weighted by Crippen LogP contribution is -2.51. The van der Waals surface area contributed by atoms with Gasteiger partial charge in [0.25, 0.3) is 0 Å². The normalized spacial score (nSPS) is 14.3. The second-order valence-electron chi connectivity index (χ2n) is 4.28. The number of rotatable bonds is 6. The van der Waals surface area contributed by atoms with Crippen molar-refractivity contribution in [3.05, 3.63) is 0 Å². The van der Waals surface area contributed by atoms with E-state index in [1.807, 2.05) is 13.8 Å². The molecule has 0 aliphatic heterocycles. The molecule has 0 saturated heterocycles. The Labute approximate surface area is 95.6 Å². The molecule has 0 aromatic heterocycles. The molecule has 16 heavy (non-hydrogen) atoms. The van der Waals surface area contributed by atoms with Gasteiger partial charge in [-0.2, -0.15) is 0 Å². The fourth-order valence-corrected chi connectivity index (χ4v) is 1.26. The lowest BCUT2D eigenvalue weighted by molar-refractivity contribution is -0.124. The summed E-state index contributed by atoms with van der Waals surface area (Å²) in [6.45, 7) is 5.42. The molecule has 0 heterocycles. The van der Waals surface area contributed by atoms with Gasteiger partial charge in [0.05, 0.1) is 6.61 Å². The number of carbonyl (C=O) groups excluding carboxylic acids is 2. The molecule has 3 amide bonds. The number of primary amides is 1. The molecule has 0 saturated carbocycles. The number of carbonyl (C=O) groups is 2. The smallest absolute Gasteiger partial charge is 0.312 e. The fourth-order valence-electron chi connectivity index (χ4n) is 1.26. The van der Waals surface area contributed by atoms with Gasteiger partial charge in [-0.3, -0.25) is 4.79 Å². The van der Waals surface area contributed by atoms with Crippen molar-refractivity contribution in [3.63, 3.8) is 0 Å². The highest BCUT2D eigenvalue weighted by Crippen LogP contribution is 2.05. The molecule has 0 aromatic rings. The van der Waals surface area contributed by atoms with Crippen LogP contribution in [0.25, 0.3) is 0 Å². The molecule has 0 rings (SSSR count). The average molecular weight is 231 g/mol. The Bertz CT molecular complexity index is 243. The van der Waals surface area contributed by atoms with Gasteiger partial charge in [0.15, 0.2) is 0 Å². The van der Waals surface area contributed by atoms with Gasteiger partial charge in [0.1, 0.15) is 6.04 Å². The first kappa shape index (κ1) is 14.7. The summed E-state index contributed by atoms with van der Waals surface area (Å²) in [4.78, 5) is 22.4. The highest BCUT2D eigenvalue weighted by atomic mass is 16.3. The fraction of sp³-hybridized carbons (Fsp3) is 0.800. The topological polar surface area (TPSA) is 104 Å². The summed E-state index contributed by atoms with van der Waals surface area (Å²) < 4.78 is 0. The van der Waals surface area contributed by atoms with Crippen LogP contribution >= 0.6 is 0 Å². The summed E-state index contributed by atoms with van der Waals surface area (Å²) in [7, 11) is 0. The summed E-state index contributed by atoms with van der Waals surface area (Å²) in [5.41, 5.74) is 4.99. The van der Waals surface area contributed by atoms with Crippen LogP contribution in [-0.2, 0) is 4.79 Å². The van der Waals surface area contributed by atoms with Crippen LogP contribution in [0.5, 0.6) is 0 Å². The molecule has 1 unspecified atom stereocenters. The largest absolute Gasteiger partial charge is 0.394 e. The second kappa shape index (κ2) is 7.05. The summed E-state index contributed by atoms with van der Waals surface area (Å²) >= 11 is 0. The first-order valence-electron chi connectivity index (χ1n) is 5.34. The van der Waals surface area contributed by atoms with E-state index in [2.05, 4.69) is 10.6 Å². The van der Waals surface area contributed by atoms with E-state index in [9.17, 15) is 9.59 Å². The van der Waals surface area contributed by atoms with Gasteiger partial charge >= 0.3 is 6.03 Å². The Morgan fingerprint density at radius 2 is 1.81 bits per heavy atom. The predicted molar refractivity (Wildman–Crippen MR) is 60.7 cm³/mol. The number of hydrogen-bond acceptors (Lipinski definition) is 3. The number of urea groups is 1. The standard InChI is InChI=1S/C10H21N3O3/c1-6(2)4-8(13-10(11)16)9(15)12-7(3)5-14/h6-8,14H,4-5H2,1-3H3,(H,12,15)(H3,11,13,16)/t7-,8?/m1/s1. The number of nitrogens with two attached hydrogens (primary N) is 1. The maximum Gasteiger partial charge on any atom is 0.312 e. The van der Waals surface area contributed by atoms with Crippen molar-refractivity contribution < 1.29 is 14.7 Å². The number of hydrogen-bond donors (Lipinski definition) is 4. The highest BCUT2D eigenvalue weighted by molar-refractivity contribution is 5.86. The van der Waals surface area contributed by atoms with Crippen LogP contribution in [-0.4, -0.2) is 35.7 Å². The van der Waals surface area contributed by atoms with Crippen LogP contribution in [0.4, 0.5) is 4.79 Å². The van der Waals surface area contributed by atoms with Crippen molar-refractivity contribution >= 4 is 11.9 Å². The van der Waals surface area contributed by atoms with Crippen molar-refractivity contribution in [2.24, 2.45) is 11.7 Å². The van der Waals surface area contributed by atoms with Crippen molar-refractivity contribution in [2.45, 2.75) is 39.3 Å². The molecule has 94 valence electrons. The first-order chi connectivity index (χ1) is 7.36. The molecule has 0 aromatic carbocycles. The van der Waals surface area contributed by atoms with Gasteiger partial charge in [-0.1, -0.05) is 13.8 Å². The number of aliphatic hydroxyl groups is 1. The minimum Gasteiger partial charge on any atom is -0.394 e. The predicted octanol–water partition coefficient (Wildman–Crippen LogP) is -0.434. The molecule has 2 atom stereocenters. The van der Waals surface area contributed by atoms with E-state index >= 15 is 0 Å². The number of nitrogens with one attached hydrogen (secondary N) is 2. The Balaban J connectivity index is 4.37. The molecular formula is C10H21N3O3. The molecule has 6 heteroatoms. The molecule has 0 bridgehead atoms. The molecule has 0 aliphatic rings. The maximum atomic E-state index is 11.7. The summed E-state index contributed by atoms with van der Waals surface area (Å²) in [6, 6.07) is -1.71. The first-order valence-corrected chi connectivity index (χ1v) is 5.34. The number of amides is 3. The minimum atomic E-state index is -0.725. The third-order valence-corrected chi connectivity index (χ3v) is 2.00. The SMILES string of the molecule is CC(C)CC(NC(N)=O)C(=O)N[C@H](C)CO. The van der Waals surface area contributed by atoms with E-state index in [0.29, 0.717) is 6.42 Å². The van der Waals surface area contributed by atoms with Crippen LogP contribution in [0, 0.1) is 5.92 Å².